The number of carbonyl (C=O) groups excluding carboxylic acids is 1. The molecule has 1 saturated carbocycles. The Morgan fingerprint density at radius 2 is 2.05 bits per heavy atom. The molecule has 0 aliphatic heterocycles. The van der Waals surface area contributed by atoms with E-state index >= 15 is 0 Å². The second-order valence-corrected chi connectivity index (χ2v) is 5.67. The minimum absolute atomic E-state index is 0. The van der Waals surface area contributed by atoms with E-state index < -0.39 is 0 Å². The summed E-state index contributed by atoms with van der Waals surface area (Å²) in [4.78, 5) is 12.1. The van der Waals surface area contributed by atoms with Crippen molar-refractivity contribution >= 4 is 18.3 Å². The van der Waals surface area contributed by atoms with Gasteiger partial charge in [-0.3, -0.25) is 4.79 Å². The van der Waals surface area contributed by atoms with Crippen LogP contribution in [-0.4, -0.2) is 18.5 Å². The van der Waals surface area contributed by atoms with Gasteiger partial charge < -0.3 is 11.1 Å². The van der Waals surface area contributed by atoms with Crippen LogP contribution in [0, 0.1) is 5.92 Å². The standard InChI is InChI=1S/C16H24N2O.ClH/c1-12(14-7-3-2-4-8-14)16(19)18-11-13-6-5-9-15(17)10-13;/h2-4,7-8,12-13,15H,5-6,9-11,17H2,1H3,(H,18,19);1H. The van der Waals surface area contributed by atoms with Crippen molar-refractivity contribution in [3.8, 4) is 0 Å². The van der Waals surface area contributed by atoms with E-state index in [1.165, 1.54) is 12.8 Å². The first-order chi connectivity index (χ1) is 9.16. The van der Waals surface area contributed by atoms with Crippen LogP contribution in [0.1, 0.15) is 44.1 Å². The Labute approximate surface area is 127 Å². The number of hydrogen-bond donors (Lipinski definition) is 2. The third-order valence-corrected chi connectivity index (χ3v) is 4.08. The molecule has 112 valence electrons. The van der Waals surface area contributed by atoms with Gasteiger partial charge in [0.2, 0.25) is 5.91 Å². The van der Waals surface area contributed by atoms with Crippen molar-refractivity contribution in [3.05, 3.63) is 35.9 Å². The molecule has 0 heterocycles. The van der Waals surface area contributed by atoms with Crippen LogP contribution in [0.3, 0.4) is 0 Å². The molecule has 1 aromatic rings. The second kappa shape index (κ2) is 8.28. The molecule has 1 aromatic carbocycles. The highest BCUT2D eigenvalue weighted by Gasteiger charge is 2.21. The number of hydrogen-bond acceptors (Lipinski definition) is 2. The minimum Gasteiger partial charge on any atom is -0.355 e. The van der Waals surface area contributed by atoms with Gasteiger partial charge in [0.15, 0.2) is 0 Å². The van der Waals surface area contributed by atoms with Gasteiger partial charge >= 0.3 is 0 Å². The predicted molar refractivity (Wildman–Crippen MR) is 85.0 cm³/mol. The van der Waals surface area contributed by atoms with Gasteiger partial charge in [0.05, 0.1) is 5.92 Å². The summed E-state index contributed by atoms with van der Waals surface area (Å²) in [5.74, 6) is 0.583. The Bertz CT molecular complexity index is 410. The number of halogens is 1. The van der Waals surface area contributed by atoms with Gasteiger partial charge in [-0.1, -0.05) is 36.8 Å². The van der Waals surface area contributed by atoms with E-state index in [0.29, 0.717) is 12.0 Å². The van der Waals surface area contributed by atoms with Gasteiger partial charge in [-0.05, 0) is 37.7 Å². The molecule has 3 atom stereocenters. The first-order valence-corrected chi connectivity index (χ1v) is 7.25. The second-order valence-electron chi connectivity index (χ2n) is 5.67. The molecular weight excluding hydrogens is 272 g/mol. The van der Waals surface area contributed by atoms with E-state index in [1.54, 1.807) is 0 Å². The largest absolute Gasteiger partial charge is 0.355 e. The van der Waals surface area contributed by atoms with Crippen LogP contribution < -0.4 is 11.1 Å². The average Bonchev–Trinajstić information content (AvgIpc) is 2.45. The number of nitrogens with one attached hydrogen (secondary N) is 1. The van der Waals surface area contributed by atoms with Crippen molar-refractivity contribution in [3.63, 3.8) is 0 Å². The zero-order valence-corrected chi connectivity index (χ0v) is 12.9. The molecule has 2 rings (SSSR count). The number of benzene rings is 1. The first-order valence-electron chi connectivity index (χ1n) is 7.25. The Kier molecular flexibility index (Phi) is 7.03. The average molecular weight is 297 g/mol. The molecule has 0 spiro atoms. The summed E-state index contributed by atoms with van der Waals surface area (Å²) in [7, 11) is 0. The monoisotopic (exact) mass is 296 g/mol. The molecule has 0 bridgehead atoms. The molecule has 1 aliphatic rings. The topological polar surface area (TPSA) is 55.1 Å². The van der Waals surface area contributed by atoms with Gasteiger partial charge in [-0.2, -0.15) is 0 Å². The lowest BCUT2D eigenvalue weighted by atomic mass is 9.86. The van der Waals surface area contributed by atoms with Crippen LogP contribution in [0.25, 0.3) is 0 Å². The molecular formula is C16H25ClN2O. The maximum absolute atomic E-state index is 12.1. The zero-order valence-electron chi connectivity index (χ0n) is 12.0. The maximum atomic E-state index is 12.1. The Morgan fingerprint density at radius 3 is 2.70 bits per heavy atom. The van der Waals surface area contributed by atoms with E-state index in [0.717, 1.165) is 24.9 Å². The smallest absolute Gasteiger partial charge is 0.227 e. The lowest BCUT2D eigenvalue weighted by Crippen LogP contribution is -2.37. The summed E-state index contributed by atoms with van der Waals surface area (Å²) in [5, 5.41) is 3.08. The summed E-state index contributed by atoms with van der Waals surface area (Å²) in [5.41, 5.74) is 7.04. The van der Waals surface area contributed by atoms with E-state index in [-0.39, 0.29) is 24.2 Å². The zero-order chi connectivity index (χ0) is 13.7. The summed E-state index contributed by atoms with van der Waals surface area (Å²) in [6.45, 7) is 2.72. The fraction of sp³-hybridized carbons (Fsp3) is 0.562. The van der Waals surface area contributed by atoms with Crippen LogP contribution in [0.4, 0.5) is 0 Å². The highest BCUT2D eigenvalue weighted by atomic mass is 35.5. The lowest BCUT2D eigenvalue weighted by Gasteiger charge is -2.27. The highest BCUT2D eigenvalue weighted by molar-refractivity contribution is 5.85. The summed E-state index contributed by atoms with van der Waals surface area (Å²) in [6.07, 6.45) is 4.55. The molecule has 0 aromatic heterocycles. The Hall–Kier alpha value is -1.06. The summed E-state index contributed by atoms with van der Waals surface area (Å²) in [6, 6.07) is 10.2. The molecule has 3 nitrogen and oxygen atoms in total. The molecule has 0 saturated heterocycles. The third kappa shape index (κ3) is 4.80. The van der Waals surface area contributed by atoms with Gasteiger partial charge in [0.25, 0.3) is 0 Å². The highest BCUT2D eigenvalue weighted by Crippen LogP contribution is 2.22. The molecule has 1 amide bonds. The maximum Gasteiger partial charge on any atom is 0.227 e. The quantitative estimate of drug-likeness (QED) is 0.897. The van der Waals surface area contributed by atoms with Gasteiger partial charge in [-0.25, -0.2) is 0 Å². The van der Waals surface area contributed by atoms with Crippen LogP contribution >= 0.6 is 12.4 Å². The molecule has 3 N–H and O–H groups in total. The first kappa shape index (κ1) is 17.0. The van der Waals surface area contributed by atoms with Crippen molar-refractivity contribution < 1.29 is 4.79 Å². The number of amides is 1. The van der Waals surface area contributed by atoms with Gasteiger partial charge in [0.1, 0.15) is 0 Å². The van der Waals surface area contributed by atoms with Crippen LogP contribution in [-0.2, 0) is 4.79 Å². The molecule has 0 radical (unpaired) electrons. The van der Waals surface area contributed by atoms with Gasteiger partial charge in [0, 0.05) is 12.6 Å². The van der Waals surface area contributed by atoms with Gasteiger partial charge in [-0.15, -0.1) is 12.4 Å². The Balaban J connectivity index is 0.00000200. The Morgan fingerprint density at radius 1 is 1.35 bits per heavy atom. The van der Waals surface area contributed by atoms with E-state index in [2.05, 4.69) is 5.32 Å². The van der Waals surface area contributed by atoms with Crippen LogP contribution in [0.15, 0.2) is 30.3 Å². The fourth-order valence-electron chi connectivity index (χ4n) is 2.81. The van der Waals surface area contributed by atoms with Crippen molar-refractivity contribution in [2.45, 2.75) is 44.6 Å². The predicted octanol–water partition coefficient (Wildman–Crippen LogP) is 2.85. The fourth-order valence-corrected chi connectivity index (χ4v) is 2.81. The molecule has 1 fully saturated rings. The summed E-state index contributed by atoms with van der Waals surface area (Å²) >= 11 is 0. The van der Waals surface area contributed by atoms with E-state index in [9.17, 15) is 4.79 Å². The van der Waals surface area contributed by atoms with Crippen LogP contribution in [0.5, 0.6) is 0 Å². The van der Waals surface area contributed by atoms with E-state index in [4.69, 9.17) is 5.73 Å². The van der Waals surface area contributed by atoms with Crippen molar-refractivity contribution in [2.75, 3.05) is 6.54 Å². The summed E-state index contributed by atoms with van der Waals surface area (Å²) < 4.78 is 0. The molecule has 20 heavy (non-hydrogen) atoms. The SMILES string of the molecule is CC(C(=O)NCC1CCCC(N)C1)c1ccccc1.Cl. The third-order valence-electron chi connectivity index (χ3n) is 4.08. The van der Waals surface area contributed by atoms with E-state index in [1.807, 2.05) is 37.3 Å². The normalized spacial score (nSPS) is 23.5. The lowest BCUT2D eigenvalue weighted by molar-refractivity contribution is -0.122. The minimum atomic E-state index is -0.0848. The number of rotatable bonds is 4. The number of carbonyl (C=O) groups is 1. The molecule has 4 heteroatoms. The van der Waals surface area contributed by atoms with Crippen molar-refractivity contribution in [1.82, 2.24) is 5.32 Å². The molecule has 3 unspecified atom stereocenters. The number of nitrogens with two attached hydrogens (primary N) is 1. The van der Waals surface area contributed by atoms with Crippen molar-refractivity contribution in [1.29, 1.82) is 0 Å². The molecule has 1 aliphatic carbocycles. The van der Waals surface area contributed by atoms with Crippen LogP contribution in [0.2, 0.25) is 0 Å². The van der Waals surface area contributed by atoms with Crippen molar-refractivity contribution in [2.24, 2.45) is 11.7 Å².